The molecule has 1 saturated carbocycles. The van der Waals surface area contributed by atoms with Gasteiger partial charge < -0.3 is 10.1 Å². The van der Waals surface area contributed by atoms with Crippen molar-refractivity contribution in [3.63, 3.8) is 0 Å². The van der Waals surface area contributed by atoms with Gasteiger partial charge in [-0.1, -0.05) is 18.2 Å². The predicted octanol–water partition coefficient (Wildman–Crippen LogP) is 4.12. The highest BCUT2D eigenvalue weighted by Crippen LogP contribution is 2.38. The van der Waals surface area contributed by atoms with Crippen LogP contribution in [-0.2, 0) is 9.59 Å². The number of alkyl halides is 2. The number of H-pyrrole nitrogens is 1. The Morgan fingerprint density at radius 1 is 1.25 bits per heavy atom. The third-order valence-electron chi connectivity index (χ3n) is 4.87. The number of carbonyl (C=O) groups excluding carboxylic acids is 1. The van der Waals surface area contributed by atoms with Crippen LogP contribution in [0.3, 0.4) is 0 Å². The van der Waals surface area contributed by atoms with Crippen molar-refractivity contribution in [3.05, 3.63) is 36.0 Å². The van der Waals surface area contributed by atoms with Crippen LogP contribution in [0.15, 0.2) is 30.5 Å². The molecule has 2 aromatic rings. The summed E-state index contributed by atoms with van der Waals surface area (Å²) in [5.74, 6) is -5.43. The van der Waals surface area contributed by atoms with Gasteiger partial charge in [-0.05, 0) is 24.5 Å². The van der Waals surface area contributed by atoms with E-state index in [9.17, 15) is 23.5 Å². The average Bonchev–Trinajstić information content (AvgIpc) is 2.96. The Labute approximate surface area is 137 Å². The van der Waals surface area contributed by atoms with Gasteiger partial charge in [-0.25, -0.2) is 8.78 Å². The molecule has 0 saturated heterocycles. The first-order valence-corrected chi connectivity index (χ1v) is 8.07. The number of carboxylic acid groups (broad SMARTS) is 1. The molecule has 1 fully saturated rings. The van der Waals surface area contributed by atoms with E-state index >= 15 is 0 Å². The lowest BCUT2D eigenvalue weighted by molar-refractivity contribution is -0.141. The highest BCUT2D eigenvalue weighted by molar-refractivity contribution is 5.93. The molecular weight excluding hydrogens is 316 g/mol. The van der Waals surface area contributed by atoms with Crippen LogP contribution in [0.4, 0.5) is 8.78 Å². The lowest BCUT2D eigenvalue weighted by atomic mass is 9.80. The number of hydrogen-bond acceptors (Lipinski definition) is 2. The smallest absolute Gasteiger partial charge is 0.311 e. The standard InChI is InChI=1S/C18H19F2NO3/c19-18(20)7-5-11(6-8-18)16(22)9-13(17(23)24)14-10-21-15-4-2-1-3-12(14)15/h1-4,10-11,13,21H,5-9H2,(H,23,24). The van der Waals surface area contributed by atoms with E-state index in [1.54, 1.807) is 6.20 Å². The van der Waals surface area contributed by atoms with E-state index in [1.807, 2.05) is 24.3 Å². The lowest BCUT2D eigenvalue weighted by Gasteiger charge is -2.27. The summed E-state index contributed by atoms with van der Waals surface area (Å²) in [5, 5.41) is 10.3. The Balaban J connectivity index is 1.78. The van der Waals surface area contributed by atoms with Gasteiger partial charge in [0.2, 0.25) is 5.92 Å². The number of rotatable bonds is 5. The maximum atomic E-state index is 13.2. The minimum absolute atomic E-state index is 0.131. The summed E-state index contributed by atoms with van der Waals surface area (Å²) in [5.41, 5.74) is 1.37. The molecule has 1 aromatic carbocycles. The molecule has 3 rings (SSSR count). The lowest BCUT2D eigenvalue weighted by Crippen LogP contribution is -2.30. The van der Waals surface area contributed by atoms with E-state index in [4.69, 9.17) is 0 Å². The van der Waals surface area contributed by atoms with Crippen LogP contribution in [0.1, 0.15) is 43.6 Å². The van der Waals surface area contributed by atoms with Gasteiger partial charge in [0.25, 0.3) is 0 Å². The van der Waals surface area contributed by atoms with Gasteiger partial charge in [0.15, 0.2) is 0 Å². The summed E-state index contributed by atoms with van der Waals surface area (Å²) in [6.07, 6.45) is 1.12. The number of carbonyl (C=O) groups is 2. The minimum Gasteiger partial charge on any atom is -0.481 e. The SMILES string of the molecule is O=C(CC(C(=O)O)c1c[nH]c2ccccc12)C1CCC(F)(F)CC1. The van der Waals surface area contributed by atoms with E-state index in [1.165, 1.54) is 0 Å². The zero-order valence-electron chi connectivity index (χ0n) is 13.1. The fourth-order valence-corrected chi connectivity index (χ4v) is 3.44. The molecule has 4 nitrogen and oxygen atoms in total. The van der Waals surface area contributed by atoms with Crippen LogP contribution in [0.2, 0.25) is 0 Å². The largest absolute Gasteiger partial charge is 0.481 e. The summed E-state index contributed by atoms with van der Waals surface area (Å²) in [7, 11) is 0. The van der Waals surface area contributed by atoms with Crippen LogP contribution in [0, 0.1) is 5.92 Å². The molecular formula is C18H19F2NO3. The number of para-hydroxylation sites is 1. The quantitative estimate of drug-likeness (QED) is 0.863. The third kappa shape index (κ3) is 3.32. The first-order chi connectivity index (χ1) is 11.4. The van der Waals surface area contributed by atoms with Crippen molar-refractivity contribution in [1.82, 2.24) is 4.98 Å². The molecule has 0 radical (unpaired) electrons. The molecule has 1 aromatic heterocycles. The molecule has 1 heterocycles. The van der Waals surface area contributed by atoms with Crippen molar-refractivity contribution in [1.29, 1.82) is 0 Å². The summed E-state index contributed by atoms with van der Waals surface area (Å²) in [6, 6.07) is 7.29. The number of nitrogens with one attached hydrogen (secondary N) is 1. The monoisotopic (exact) mass is 335 g/mol. The fourth-order valence-electron chi connectivity index (χ4n) is 3.44. The van der Waals surface area contributed by atoms with Crippen molar-refractivity contribution >= 4 is 22.7 Å². The number of aromatic amines is 1. The number of halogens is 2. The number of hydrogen-bond donors (Lipinski definition) is 2. The van der Waals surface area contributed by atoms with Gasteiger partial charge in [-0.2, -0.15) is 0 Å². The normalized spacial score (nSPS) is 19.2. The molecule has 6 heteroatoms. The fraction of sp³-hybridized carbons (Fsp3) is 0.444. The molecule has 0 aliphatic heterocycles. The van der Waals surface area contributed by atoms with E-state index in [0.717, 1.165) is 10.9 Å². The highest BCUT2D eigenvalue weighted by atomic mass is 19.3. The molecule has 1 aliphatic rings. The number of aromatic nitrogens is 1. The van der Waals surface area contributed by atoms with Gasteiger partial charge >= 0.3 is 5.97 Å². The van der Waals surface area contributed by atoms with Crippen molar-refractivity contribution in [2.75, 3.05) is 0 Å². The highest BCUT2D eigenvalue weighted by Gasteiger charge is 2.38. The Hall–Kier alpha value is -2.24. The van der Waals surface area contributed by atoms with Crippen LogP contribution in [-0.4, -0.2) is 27.8 Å². The van der Waals surface area contributed by atoms with Gasteiger partial charge in [0.05, 0.1) is 5.92 Å². The molecule has 24 heavy (non-hydrogen) atoms. The average molecular weight is 335 g/mol. The second kappa shape index (κ2) is 6.34. The van der Waals surface area contributed by atoms with Crippen molar-refractivity contribution < 1.29 is 23.5 Å². The van der Waals surface area contributed by atoms with Crippen LogP contribution in [0.25, 0.3) is 10.9 Å². The topological polar surface area (TPSA) is 70.2 Å². The second-order valence-electron chi connectivity index (χ2n) is 6.48. The molecule has 1 aliphatic carbocycles. The van der Waals surface area contributed by atoms with Crippen molar-refractivity contribution in [2.24, 2.45) is 5.92 Å². The van der Waals surface area contributed by atoms with Gasteiger partial charge in [0.1, 0.15) is 5.78 Å². The van der Waals surface area contributed by atoms with Crippen molar-refractivity contribution in [2.45, 2.75) is 43.9 Å². The maximum absolute atomic E-state index is 13.2. The molecule has 128 valence electrons. The predicted molar refractivity (Wildman–Crippen MR) is 85.2 cm³/mol. The van der Waals surface area contributed by atoms with Crippen LogP contribution < -0.4 is 0 Å². The first kappa shape index (κ1) is 16.6. The van der Waals surface area contributed by atoms with Gasteiger partial charge in [0, 0.05) is 42.3 Å². The van der Waals surface area contributed by atoms with Gasteiger partial charge in [-0.15, -0.1) is 0 Å². The summed E-state index contributed by atoms with van der Waals surface area (Å²) in [4.78, 5) is 27.1. The zero-order valence-corrected chi connectivity index (χ0v) is 13.1. The summed E-state index contributed by atoms with van der Waals surface area (Å²) in [6.45, 7) is 0. The van der Waals surface area contributed by atoms with Crippen molar-refractivity contribution in [3.8, 4) is 0 Å². The summed E-state index contributed by atoms with van der Waals surface area (Å²) < 4.78 is 26.4. The van der Waals surface area contributed by atoms with E-state index in [-0.39, 0.29) is 37.9 Å². The molecule has 1 unspecified atom stereocenters. The Morgan fingerprint density at radius 3 is 2.58 bits per heavy atom. The van der Waals surface area contributed by atoms with Crippen LogP contribution >= 0.6 is 0 Å². The zero-order chi connectivity index (χ0) is 17.3. The Morgan fingerprint density at radius 2 is 1.92 bits per heavy atom. The number of aliphatic carboxylic acids is 1. The third-order valence-corrected chi connectivity index (χ3v) is 4.87. The Bertz CT molecular complexity index is 758. The number of benzene rings is 1. The number of ketones is 1. The minimum atomic E-state index is -2.69. The van der Waals surface area contributed by atoms with E-state index in [0.29, 0.717) is 5.56 Å². The van der Waals surface area contributed by atoms with Crippen LogP contribution in [0.5, 0.6) is 0 Å². The molecule has 0 amide bonds. The number of Topliss-reactive ketones (excluding diaryl/α,β-unsaturated/α-hetero) is 1. The molecule has 1 atom stereocenters. The molecule has 2 N–H and O–H groups in total. The second-order valence-corrected chi connectivity index (χ2v) is 6.48. The van der Waals surface area contributed by atoms with E-state index < -0.39 is 23.7 Å². The van der Waals surface area contributed by atoms with E-state index in [2.05, 4.69) is 4.98 Å². The molecule has 0 bridgehead atoms. The summed E-state index contributed by atoms with van der Waals surface area (Å²) >= 11 is 0. The number of carboxylic acids is 1. The maximum Gasteiger partial charge on any atom is 0.311 e. The first-order valence-electron chi connectivity index (χ1n) is 8.07. The van der Waals surface area contributed by atoms with Gasteiger partial charge in [-0.3, -0.25) is 9.59 Å². The molecule has 0 spiro atoms. The Kier molecular flexibility index (Phi) is 4.39. The number of fused-ring (bicyclic) bond motifs is 1.